The molecule has 0 bridgehead atoms. The molecule has 20 heavy (non-hydrogen) atoms. The van der Waals surface area contributed by atoms with E-state index in [0.29, 0.717) is 22.0 Å². The molecular formula is C14H21ClN2O2S. The quantitative estimate of drug-likeness (QED) is 0.907. The van der Waals surface area contributed by atoms with Crippen LogP contribution in [0.4, 0.5) is 0 Å². The minimum absolute atomic E-state index is 0.0510. The first-order valence-electron chi connectivity index (χ1n) is 6.95. The molecule has 4 nitrogen and oxygen atoms in total. The Kier molecular flexibility index (Phi) is 5.07. The predicted octanol–water partition coefficient (Wildman–Crippen LogP) is 2.41. The average molecular weight is 317 g/mol. The maximum Gasteiger partial charge on any atom is 0.243 e. The van der Waals surface area contributed by atoms with Gasteiger partial charge in [0.15, 0.2) is 0 Å². The van der Waals surface area contributed by atoms with Crippen LogP contribution in [0.5, 0.6) is 0 Å². The Bertz CT molecular complexity index is 569. The Morgan fingerprint density at radius 3 is 2.75 bits per heavy atom. The van der Waals surface area contributed by atoms with Crippen LogP contribution in [0.1, 0.15) is 25.3 Å². The van der Waals surface area contributed by atoms with Crippen molar-refractivity contribution in [3.8, 4) is 0 Å². The molecule has 0 radical (unpaired) electrons. The minimum atomic E-state index is -3.46. The number of nitrogens with one attached hydrogen (secondary N) is 1. The number of hydrogen-bond donors (Lipinski definition) is 1. The molecule has 112 valence electrons. The molecular weight excluding hydrogens is 296 g/mol. The average Bonchev–Trinajstić information content (AvgIpc) is 2.88. The first-order valence-corrected chi connectivity index (χ1v) is 8.77. The van der Waals surface area contributed by atoms with Gasteiger partial charge in [0, 0.05) is 24.2 Å². The van der Waals surface area contributed by atoms with E-state index in [9.17, 15) is 8.42 Å². The Labute approximate surface area is 126 Å². The van der Waals surface area contributed by atoms with Crippen molar-refractivity contribution in [2.24, 2.45) is 0 Å². The number of halogens is 1. The van der Waals surface area contributed by atoms with Crippen molar-refractivity contribution in [2.75, 3.05) is 19.6 Å². The predicted molar refractivity (Wildman–Crippen MR) is 81.6 cm³/mol. The van der Waals surface area contributed by atoms with Crippen LogP contribution < -0.4 is 5.32 Å². The molecule has 1 aliphatic rings. The molecule has 1 fully saturated rings. The number of rotatable bonds is 5. The molecule has 1 aliphatic heterocycles. The van der Waals surface area contributed by atoms with Gasteiger partial charge < -0.3 is 5.32 Å². The second kappa shape index (κ2) is 6.43. The summed E-state index contributed by atoms with van der Waals surface area (Å²) < 4.78 is 27.4. The second-order valence-electron chi connectivity index (χ2n) is 5.17. The molecule has 1 N–H and O–H groups in total. The number of nitrogens with zero attached hydrogens (tertiary/aromatic N) is 1. The maximum atomic E-state index is 12.9. The normalized spacial score (nSPS) is 19.7. The summed E-state index contributed by atoms with van der Waals surface area (Å²) >= 11 is 5.92. The topological polar surface area (TPSA) is 49.4 Å². The largest absolute Gasteiger partial charge is 0.315 e. The zero-order valence-corrected chi connectivity index (χ0v) is 13.5. The van der Waals surface area contributed by atoms with Crippen molar-refractivity contribution < 1.29 is 8.42 Å². The van der Waals surface area contributed by atoms with Crippen molar-refractivity contribution in [3.63, 3.8) is 0 Å². The Hall–Kier alpha value is -0.620. The number of sulfonamides is 1. The van der Waals surface area contributed by atoms with Gasteiger partial charge in [-0.25, -0.2) is 8.42 Å². The van der Waals surface area contributed by atoms with E-state index in [1.807, 2.05) is 6.92 Å². The highest BCUT2D eigenvalue weighted by atomic mass is 35.5. The van der Waals surface area contributed by atoms with Gasteiger partial charge in [-0.15, -0.1) is 0 Å². The smallest absolute Gasteiger partial charge is 0.243 e. The summed E-state index contributed by atoms with van der Waals surface area (Å²) in [5, 5.41) is 3.79. The third kappa shape index (κ3) is 3.17. The van der Waals surface area contributed by atoms with Crippen LogP contribution in [-0.4, -0.2) is 38.4 Å². The summed E-state index contributed by atoms with van der Waals surface area (Å²) in [6.07, 6.45) is 1.67. The summed E-state index contributed by atoms with van der Waals surface area (Å²) in [5.41, 5.74) is 0.699. The molecule has 0 aliphatic carbocycles. The molecule has 1 atom stereocenters. The van der Waals surface area contributed by atoms with E-state index in [1.54, 1.807) is 29.4 Å². The maximum absolute atomic E-state index is 12.9. The zero-order valence-electron chi connectivity index (χ0n) is 11.9. The summed E-state index contributed by atoms with van der Waals surface area (Å²) in [7, 11) is -3.46. The number of hydrogen-bond acceptors (Lipinski definition) is 3. The van der Waals surface area contributed by atoms with Gasteiger partial charge in [-0.1, -0.05) is 18.5 Å². The van der Waals surface area contributed by atoms with Crippen LogP contribution in [-0.2, 0) is 10.0 Å². The van der Waals surface area contributed by atoms with Gasteiger partial charge in [0.2, 0.25) is 10.0 Å². The van der Waals surface area contributed by atoms with Crippen LogP contribution in [0.2, 0.25) is 5.02 Å². The van der Waals surface area contributed by atoms with Gasteiger partial charge in [-0.05, 0) is 50.1 Å². The summed E-state index contributed by atoms with van der Waals surface area (Å²) in [5.74, 6) is 0. The van der Waals surface area contributed by atoms with Crippen molar-refractivity contribution in [2.45, 2.75) is 37.6 Å². The van der Waals surface area contributed by atoms with Crippen molar-refractivity contribution >= 4 is 21.6 Å². The van der Waals surface area contributed by atoms with E-state index >= 15 is 0 Å². The van der Waals surface area contributed by atoms with Crippen LogP contribution in [0, 0.1) is 6.92 Å². The highest BCUT2D eigenvalue weighted by molar-refractivity contribution is 7.89. The lowest BCUT2D eigenvalue weighted by molar-refractivity contribution is 0.335. The van der Waals surface area contributed by atoms with Gasteiger partial charge in [0.1, 0.15) is 0 Å². The van der Waals surface area contributed by atoms with Crippen LogP contribution in [0.15, 0.2) is 23.1 Å². The SMILES string of the molecule is CCCN(C1CCNC1)S(=O)(=O)c1ccc(Cl)cc1C. The Morgan fingerprint density at radius 1 is 1.45 bits per heavy atom. The highest BCUT2D eigenvalue weighted by Gasteiger charge is 2.33. The summed E-state index contributed by atoms with van der Waals surface area (Å²) in [4.78, 5) is 0.363. The molecule has 1 heterocycles. The molecule has 1 aromatic rings. The lowest BCUT2D eigenvalue weighted by Crippen LogP contribution is -2.42. The first kappa shape index (κ1) is 15.8. The van der Waals surface area contributed by atoms with E-state index in [0.717, 1.165) is 25.9 Å². The van der Waals surface area contributed by atoms with Crippen molar-refractivity contribution in [1.82, 2.24) is 9.62 Å². The summed E-state index contributed by atoms with van der Waals surface area (Å²) in [6, 6.07) is 5.00. The minimum Gasteiger partial charge on any atom is -0.315 e. The van der Waals surface area contributed by atoms with Crippen molar-refractivity contribution in [3.05, 3.63) is 28.8 Å². The summed E-state index contributed by atoms with van der Waals surface area (Å²) in [6.45, 7) is 5.94. The molecule has 1 aromatic carbocycles. The van der Waals surface area contributed by atoms with Crippen molar-refractivity contribution in [1.29, 1.82) is 0 Å². The highest BCUT2D eigenvalue weighted by Crippen LogP contribution is 2.26. The molecule has 1 saturated heterocycles. The molecule has 0 saturated carbocycles. The Morgan fingerprint density at radius 2 is 2.20 bits per heavy atom. The molecule has 6 heteroatoms. The molecule has 0 spiro atoms. The first-order chi connectivity index (χ1) is 9.46. The van der Waals surface area contributed by atoms with E-state index in [1.165, 1.54) is 0 Å². The molecule has 1 unspecified atom stereocenters. The van der Waals surface area contributed by atoms with E-state index in [2.05, 4.69) is 5.32 Å². The molecule has 2 rings (SSSR count). The van der Waals surface area contributed by atoms with Gasteiger partial charge in [0.05, 0.1) is 4.90 Å². The third-order valence-corrected chi connectivity index (χ3v) is 5.96. The third-order valence-electron chi connectivity index (χ3n) is 3.61. The van der Waals surface area contributed by atoms with Crippen LogP contribution in [0.25, 0.3) is 0 Å². The lowest BCUT2D eigenvalue weighted by Gasteiger charge is -2.28. The van der Waals surface area contributed by atoms with E-state index in [-0.39, 0.29) is 6.04 Å². The van der Waals surface area contributed by atoms with Gasteiger partial charge >= 0.3 is 0 Å². The van der Waals surface area contributed by atoms with Crippen LogP contribution in [0.3, 0.4) is 0 Å². The van der Waals surface area contributed by atoms with Gasteiger partial charge in [-0.2, -0.15) is 4.31 Å². The Balaban J connectivity index is 2.39. The zero-order chi connectivity index (χ0) is 14.8. The molecule has 0 amide bonds. The van der Waals surface area contributed by atoms with Gasteiger partial charge in [0.25, 0.3) is 0 Å². The monoisotopic (exact) mass is 316 g/mol. The standard InChI is InChI=1S/C14H21ClN2O2S/c1-3-8-17(13-6-7-16-10-13)20(18,19)14-5-4-12(15)9-11(14)2/h4-5,9,13,16H,3,6-8,10H2,1-2H3. The van der Waals surface area contributed by atoms with Crippen LogP contribution >= 0.6 is 11.6 Å². The lowest BCUT2D eigenvalue weighted by atomic mass is 10.2. The second-order valence-corrected chi connectivity index (χ2v) is 7.47. The fraction of sp³-hybridized carbons (Fsp3) is 0.571. The van der Waals surface area contributed by atoms with Gasteiger partial charge in [-0.3, -0.25) is 0 Å². The number of aryl methyl sites for hydroxylation is 1. The molecule has 0 aromatic heterocycles. The van der Waals surface area contributed by atoms with E-state index < -0.39 is 10.0 Å². The fourth-order valence-corrected chi connectivity index (χ4v) is 4.81. The number of benzene rings is 1. The fourth-order valence-electron chi connectivity index (χ4n) is 2.63. The van der Waals surface area contributed by atoms with E-state index in [4.69, 9.17) is 11.6 Å².